The summed E-state index contributed by atoms with van der Waals surface area (Å²) < 4.78 is 0. The topological polar surface area (TPSA) is 12.9 Å². The second kappa shape index (κ2) is 6.05. The van der Waals surface area contributed by atoms with Gasteiger partial charge in [-0.2, -0.15) is 0 Å². The number of nitrogens with zero attached hydrogens (tertiary/aromatic N) is 1. The summed E-state index contributed by atoms with van der Waals surface area (Å²) in [4.78, 5) is 4.88. The zero-order valence-corrected chi connectivity index (χ0v) is 14.6. The highest BCUT2D eigenvalue weighted by Gasteiger charge is 2.15. The first-order valence-corrected chi connectivity index (χ1v) is 7.27. The Balaban J connectivity index is 0.00000220. The molecule has 0 N–H and O–H groups in total. The molecule has 0 fully saturated rings. The van der Waals surface area contributed by atoms with Gasteiger partial charge in [0.25, 0.3) is 0 Å². The minimum Gasteiger partial charge on any atom is -0.253 e. The monoisotopic (exact) mass is 278 g/mol. The van der Waals surface area contributed by atoms with Gasteiger partial charge in [0.2, 0.25) is 0 Å². The van der Waals surface area contributed by atoms with E-state index in [4.69, 9.17) is 4.98 Å². The Morgan fingerprint density at radius 3 is 1.71 bits per heavy atom. The largest absolute Gasteiger partial charge is 0.253 e. The zero-order valence-electron chi connectivity index (χ0n) is 14.6. The Morgan fingerprint density at radius 1 is 0.619 bits per heavy atom. The fraction of sp³-hybridized carbons (Fsp3) is 0.421. The molecule has 0 amide bonds. The van der Waals surface area contributed by atoms with Gasteiger partial charge < -0.3 is 0 Å². The number of rotatable bonds is 1. The Bertz CT molecular complexity index is 638. The lowest BCUT2D eigenvalue weighted by Gasteiger charge is -2.18. The maximum atomic E-state index is 4.88. The van der Waals surface area contributed by atoms with Crippen molar-refractivity contribution in [1.82, 2.24) is 4.98 Å². The first-order valence-electron chi connectivity index (χ1n) is 7.27. The molecule has 0 aliphatic rings. The molecule has 2 heteroatoms. The molecule has 1 aromatic carbocycles. The number of aromatic nitrogens is 1. The van der Waals surface area contributed by atoms with E-state index in [1.54, 1.807) is 0 Å². The van der Waals surface area contributed by atoms with Crippen LogP contribution >= 0.6 is 0 Å². The molecule has 0 atom stereocenters. The van der Waals surface area contributed by atoms with E-state index in [-0.39, 0.29) is 8.41 Å². The molecule has 0 aliphatic heterocycles. The molecule has 0 bridgehead atoms. The molecule has 0 saturated carbocycles. The van der Waals surface area contributed by atoms with Gasteiger partial charge in [-0.05, 0) is 100 Å². The molecule has 2 aromatic rings. The Hall–Kier alpha value is -1.57. The minimum atomic E-state index is 0. The summed E-state index contributed by atoms with van der Waals surface area (Å²) in [6, 6.07) is 2.29. The van der Waals surface area contributed by atoms with Crippen LogP contribution in [0.4, 0.5) is 0 Å². The van der Waals surface area contributed by atoms with Crippen LogP contribution in [0.3, 0.4) is 0 Å². The van der Waals surface area contributed by atoms with Gasteiger partial charge in [0.15, 0.2) is 0 Å². The first-order chi connectivity index (χ1) is 9.25. The molecule has 1 aromatic heterocycles. The SMILES string of the molecule is Cc1cc(-c2nc(C)c(C)c(C)c2C)c(C)c(C)c1C.[B]. The Labute approximate surface area is 131 Å². The molecule has 21 heavy (non-hydrogen) atoms. The van der Waals surface area contributed by atoms with Crippen LogP contribution in [0.2, 0.25) is 0 Å². The lowest BCUT2D eigenvalue weighted by Crippen LogP contribution is -2.02. The van der Waals surface area contributed by atoms with Gasteiger partial charge >= 0.3 is 0 Å². The van der Waals surface area contributed by atoms with Crippen molar-refractivity contribution in [2.24, 2.45) is 0 Å². The van der Waals surface area contributed by atoms with Crippen LogP contribution in [0.15, 0.2) is 6.07 Å². The van der Waals surface area contributed by atoms with E-state index in [0.29, 0.717) is 0 Å². The van der Waals surface area contributed by atoms with E-state index in [1.807, 2.05) is 0 Å². The van der Waals surface area contributed by atoms with Crippen molar-refractivity contribution in [1.29, 1.82) is 0 Å². The van der Waals surface area contributed by atoms with Crippen molar-refractivity contribution in [3.05, 3.63) is 50.7 Å². The van der Waals surface area contributed by atoms with Crippen molar-refractivity contribution in [2.75, 3.05) is 0 Å². The van der Waals surface area contributed by atoms with E-state index in [1.165, 1.54) is 44.5 Å². The van der Waals surface area contributed by atoms with Crippen LogP contribution in [0.1, 0.15) is 44.6 Å². The van der Waals surface area contributed by atoms with E-state index in [9.17, 15) is 0 Å². The van der Waals surface area contributed by atoms with E-state index in [0.717, 1.165) is 11.4 Å². The maximum absolute atomic E-state index is 4.88. The summed E-state index contributed by atoms with van der Waals surface area (Å²) >= 11 is 0. The third-order valence-electron chi connectivity index (χ3n) is 5.04. The summed E-state index contributed by atoms with van der Waals surface area (Å²) in [7, 11) is 0. The lowest BCUT2D eigenvalue weighted by molar-refractivity contribution is 1.09. The quantitative estimate of drug-likeness (QED) is 0.680. The fourth-order valence-corrected chi connectivity index (χ4v) is 2.79. The van der Waals surface area contributed by atoms with Crippen LogP contribution in [0, 0.1) is 55.4 Å². The van der Waals surface area contributed by atoms with Gasteiger partial charge in [-0.1, -0.05) is 0 Å². The second-order valence-electron chi connectivity index (χ2n) is 6.04. The smallest absolute Gasteiger partial charge is 0.0740 e. The highest BCUT2D eigenvalue weighted by molar-refractivity contribution is 5.75. The number of aryl methyl sites for hydroxylation is 2. The number of pyridine rings is 1. The van der Waals surface area contributed by atoms with Crippen molar-refractivity contribution < 1.29 is 0 Å². The standard InChI is InChI=1S/C19H25N.B/c1-10-9-18(15(6)12(3)11(10)2)19-16(7)13(4)14(5)17(8)20-19;/h9H,1-8H3;. The van der Waals surface area contributed by atoms with Crippen molar-refractivity contribution in [2.45, 2.75) is 55.4 Å². The van der Waals surface area contributed by atoms with Crippen LogP contribution in [-0.4, -0.2) is 13.4 Å². The number of benzene rings is 1. The lowest BCUT2D eigenvalue weighted by atomic mass is 9.90. The maximum Gasteiger partial charge on any atom is 0.0740 e. The first kappa shape index (κ1) is 17.5. The molecular formula is C19H25BN. The second-order valence-corrected chi connectivity index (χ2v) is 6.04. The summed E-state index contributed by atoms with van der Waals surface area (Å²) in [5, 5.41) is 0. The average molecular weight is 278 g/mol. The summed E-state index contributed by atoms with van der Waals surface area (Å²) in [5.74, 6) is 0. The van der Waals surface area contributed by atoms with Gasteiger partial charge in [0.1, 0.15) is 0 Å². The van der Waals surface area contributed by atoms with Crippen LogP contribution in [0.5, 0.6) is 0 Å². The summed E-state index contributed by atoms with van der Waals surface area (Å²) in [6.07, 6.45) is 0. The third kappa shape index (κ3) is 2.77. The summed E-state index contributed by atoms with van der Waals surface area (Å²) in [6.45, 7) is 17.5. The Kier molecular flexibility index (Phi) is 5.04. The molecule has 109 valence electrons. The van der Waals surface area contributed by atoms with E-state index in [2.05, 4.69) is 61.5 Å². The number of hydrogen-bond acceptors (Lipinski definition) is 1. The highest BCUT2D eigenvalue weighted by atomic mass is 14.7. The van der Waals surface area contributed by atoms with Gasteiger partial charge in [-0.25, -0.2) is 0 Å². The molecule has 1 nitrogen and oxygen atoms in total. The fourth-order valence-electron chi connectivity index (χ4n) is 2.79. The molecule has 0 aliphatic carbocycles. The van der Waals surface area contributed by atoms with Crippen molar-refractivity contribution >= 4 is 8.41 Å². The highest BCUT2D eigenvalue weighted by Crippen LogP contribution is 2.32. The van der Waals surface area contributed by atoms with E-state index >= 15 is 0 Å². The van der Waals surface area contributed by atoms with Crippen LogP contribution < -0.4 is 0 Å². The third-order valence-corrected chi connectivity index (χ3v) is 5.04. The number of hydrogen-bond donors (Lipinski definition) is 0. The van der Waals surface area contributed by atoms with Gasteiger partial charge in [0, 0.05) is 19.7 Å². The van der Waals surface area contributed by atoms with Crippen LogP contribution in [0.25, 0.3) is 11.3 Å². The molecular weight excluding hydrogens is 253 g/mol. The predicted octanol–water partition coefficient (Wildman–Crippen LogP) is 4.84. The minimum absolute atomic E-state index is 0. The van der Waals surface area contributed by atoms with Gasteiger partial charge in [-0.15, -0.1) is 0 Å². The Morgan fingerprint density at radius 2 is 1.14 bits per heavy atom. The van der Waals surface area contributed by atoms with E-state index < -0.39 is 0 Å². The average Bonchev–Trinajstić information content (AvgIpc) is 2.42. The molecule has 0 unspecified atom stereocenters. The zero-order chi connectivity index (χ0) is 15.2. The van der Waals surface area contributed by atoms with Gasteiger partial charge in [0.05, 0.1) is 5.69 Å². The predicted molar refractivity (Wildman–Crippen MR) is 93.3 cm³/mol. The van der Waals surface area contributed by atoms with Crippen molar-refractivity contribution in [3.63, 3.8) is 0 Å². The van der Waals surface area contributed by atoms with Crippen molar-refractivity contribution in [3.8, 4) is 11.3 Å². The molecule has 1 heterocycles. The normalized spacial score (nSPS) is 10.5. The molecule has 3 radical (unpaired) electrons. The molecule has 2 rings (SSSR count). The summed E-state index contributed by atoms with van der Waals surface area (Å²) in [5.41, 5.74) is 13.0. The van der Waals surface area contributed by atoms with Crippen LogP contribution in [-0.2, 0) is 0 Å². The van der Waals surface area contributed by atoms with Gasteiger partial charge in [-0.3, -0.25) is 4.98 Å². The molecule has 0 saturated heterocycles. The molecule has 0 spiro atoms.